The van der Waals surface area contributed by atoms with E-state index < -0.39 is 11.9 Å². The van der Waals surface area contributed by atoms with Crippen LogP contribution in [0, 0.1) is 12.7 Å². The number of ether oxygens (including phenoxy) is 1. The van der Waals surface area contributed by atoms with Crippen molar-refractivity contribution in [2.24, 2.45) is 0 Å². The Bertz CT molecular complexity index is 418. The first-order valence-corrected chi connectivity index (χ1v) is 5.36. The topological polar surface area (TPSA) is 38.3 Å². The van der Waals surface area contributed by atoms with Gasteiger partial charge in [0.15, 0.2) is 17.7 Å². The van der Waals surface area contributed by atoms with Crippen LogP contribution in [0.1, 0.15) is 12.5 Å². The van der Waals surface area contributed by atoms with Crippen LogP contribution < -0.4 is 10.1 Å². The fourth-order valence-electron chi connectivity index (χ4n) is 1.26. The van der Waals surface area contributed by atoms with E-state index in [0.717, 1.165) is 5.56 Å². The van der Waals surface area contributed by atoms with Crippen molar-refractivity contribution >= 4 is 5.91 Å². The first-order chi connectivity index (χ1) is 8.04. The van der Waals surface area contributed by atoms with Crippen LogP contribution in [0.2, 0.25) is 0 Å². The van der Waals surface area contributed by atoms with Crippen molar-refractivity contribution in [3.05, 3.63) is 42.2 Å². The molecule has 0 spiro atoms. The maximum atomic E-state index is 13.4. The zero-order chi connectivity index (χ0) is 12.8. The molecule has 1 aromatic rings. The van der Waals surface area contributed by atoms with E-state index in [4.69, 9.17) is 4.74 Å². The molecule has 3 nitrogen and oxygen atoms in total. The molecule has 92 valence electrons. The predicted molar refractivity (Wildman–Crippen MR) is 64.4 cm³/mol. The number of carbonyl (C=O) groups excluding carboxylic acids is 1. The Morgan fingerprint density at radius 1 is 1.65 bits per heavy atom. The Morgan fingerprint density at radius 2 is 2.35 bits per heavy atom. The van der Waals surface area contributed by atoms with Crippen molar-refractivity contribution in [3.8, 4) is 5.75 Å². The fraction of sp³-hybridized carbons (Fsp3) is 0.308. The van der Waals surface area contributed by atoms with Crippen molar-refractivity contribution in [1.82, 2.24) is 5.32 Å². The van der Waals surface area contributed by atoms with E-state index >= 15 is 0 Å². The van der Waals surface area contributed by atoms with Gasteiger partial charge in [0.2, 0.25) is 0 Å². The van der Waals surface area contributed by atoms with Crippen LogP contribution in [-0.4, -0.2) is 18.6 Å². The molecule has 1 amide bonds. The Balaban J connectivity index is 2.66. The van der Waals surface area contributed by atoms with Gasteiger partial charge in [-0.05, 0) is 31.5 Å². The van der Waals surface area contributed by atoms with Gasteiger partial charge in [0.05, 0.1) is 0 Å². The normalized spacial score (nSPS) is 11.7. The first-order valence-electron chi connectivity index (χ1n) is 5.36. The first kappa shape index (κ1) is 13.2. The number of halogens is 1. The van der Waals surface area contributed by atoms with Gasteiger partial charge in [0.1, 0.15) is 0 Å². The van der Waals surface area contributed by atoms with Gasteiger partial charge in [0.25, 0.3) is 5.91 Å². The Morgan fingerprint density at radius 3 is 3.00 bits per heavy atom. The Kier molecular flexibility index (Phi) is 4.69. The molecule has 1 N–H and O–H groups in total. The van der Waals surface area contributed by atoms with Gasteiger partial charge in [-0.2, -0.15) is 0 Å². The van der Waals surface area contributed by atoms with Crippen LogP contribution in [0.4, 0.5) is 4.39 Å². The summed E-state index contributed by atoms with van der Waals surface area (Å²) in [6.07, 6.45) is 0.823. The number of carbonyl (C=O) groups is 1. The molecule has 17 heavy (non-hydrogen) atoms. The highest BCUT2D eigenvalue weighted by atomic mass is 19.1. The summed E-state index contributed by atoms with van der Waals surface area (Å²) in [6, 6.07) is 4.52. The van der Waals surface area contributed by atoms with Crippen molar-refractivity contribution in [1.29, 1.82) is 0 Å². The van der Waals surface area contributed by atoms with Gasteiger partial charge in [-0.3, -0.25) is 4.79 Å². The maximum absolute atomic E-state index is 13.4. The second kappa shape index (κ2) is 6.03. The molecule has 0 saturated heterocycles. The SMILES string of the molecule is C=CCNC(=O)C(C)Oc1cc(C)ccc1F. The lowest BCUT2D eigenvalue weighted by Gasteiger charge is -2.14. The molecule has 0 saturated carbocycles. The minimum atomic E-state index is -0.744. The third-order valence-electron chi connectivity index (χ3n) is 2.18. The maximum Gasteiger partial charge on any atom is 0.261 e. The summed E-state index contributed by atoms with van der Waals surface area (Å²) >= 11 is 0. The van der Waals surface area contributed by atoms with Crippen LogP contribution >= 0.6 is 0 Å². The Hall–Kier alpha value is -1.84. The third kappa shape index (κ3) is 3.90. The third-order valence-corrected chi connectivity index (χ3v) is 2.18. The highest BCUT2D eigenvalue weighted by Gasteiger charge is 2.15. The number of nitrogens with one attached hydrogen (secondary N) is 1. The zero-order valence-corrected chi connectivity index (χ0v) is 10.00. The average Bonchev–Trinajstić information content (AvgIpc) is 2.30. The van der Waals surface area contributed by atoms with E-state index in [0.29, 0.717) is 6.54 Å². The quantitative estimate of drug-likeness (QED) is 0.797. The standard InChI is InChI=1S/C13H16FNO2/c1-4-7-15-13(16)10(3)17-12-8-9(2)5-6-11(12)14/h4-6,8,10H,1,7H2,2-3H3,(H,15,16). The van der Waals surface area contributed by atoms with Crippen LogP contribution in [-0.2, 0) is 4.79 Å². The second-order valence-electron chi connectivity index (χ2n) is 3.73. The molecule has 1 atom stereocenters. The van der Waals surface area contributed by atoms with Gasteiger partial charge < -0.3 is 10.1 Å². The van der Waals surface area contributed by atoms with Gasteiger partial charge in [-0.15, -0.1) is 6.58 Å². The summed E-state index contributed by atoms with van der Waals surface area (Å²) in [6.45, 7) is 7.25. The minimum Gasteiger partial charge on any atom is -0.478 e. The molecule has 0 aliphatic rings. The van der Waals surface area contributed by atoms with Crippen molar-refractivity contribution in [2.45, 2.75) is 20.0 Å². The lowest BCUT2D eigenvalue weighted by molar-refractivity contribution is -0.127. The summed E-state index contributed by atoms with van der Waals surface area (Å²) in [4.78, 5) is 11.5. The van der Waals surface area contributed by atoms with Crippen molar-refractivity contribution in [2.75, 3.05) is 6.54 Å². The van der Waals surface area contributed by atoms with Gasteiger partial charge in [-0.25, -0.2) is 4.39 Å². The summed E-state index contributed by atoms with van der Waals surface area (Å²) in [5.41, 5.74) is 0.875. The molecular weight excluding hydrogens is 221 g/mol. The molecule has 0 heterocycles. The van der Waals surface area contributed by atoms with Gasteiger partial charge in [-0.1, -0.05) is 12.1 Å². The van der Waals surface area contributed by atoms with Crippen LogP contribution in [0.3, 0.4) is 0 Å². The number of rotatable bonds is 5. The lowest BCUT2D eigenvalue weighted by Crippen LogP contribution is -2.36. The fourth-order valence-corrected chi connectivity index (χ4v) is 1.26. The smallest absolute Gasteiger partial charge is 0.261 e. The van der Waals surface area contributed by atoms with Gasteiger partial charge >= 0.3 is 0 Å². The minimum absolute atomic E-state index is 0.0891. The Labute approximate surface area is 100 Å². The molecule has 0 radical (unpaired) electrons. The number of benzene rings is 1. The predicted octanol–water partition coefficient (Wildman–Crippen LogP) is 2.20. The molecule has 0 fully saturated rings. The summed E-state index contributed by atoms with van der Waals surface area (Å²) in [5, 5.41) is 2.58. The van der Waals surface area contributed by atoms with Crippen molar-refractivity contribution < 1.29 is 13.9 Å². The lowest BCUT2D eigenvalue weighted by atomic mass is 10.2. The molecule has 0 aliphatic heterocycles. The molecule has 0 aliphatic carbocycles. The number of hydrogen-bond donors (Lipinski definition) is 1. The highest BCUT2D eigenvalue weighted by molar-refractivity contribution is 5.80. The van der Waals surface area contributed by atoms with Crippen LogP contribution in [0.5, 0.6) is 5.75 Å². The molecule has 0 bridgehead atoms. The number of aryl methyl sites for hydroxylation is 1. The largest absolute Gasteiger partial charge is 0.478 e. The van der Waals surface area contributed by atoms with E-state index in [-0.39, 0.29) is 11.7 Å². The molecular formula is C13H16FNO2. The second-order valence-corrected chi connectivity index (χ2v) is 3.73. The van der Waals surface area contributed by atoms with Gasteiger partial charge in [0, 0.05) is 6.54 Å². The van der Waals surface area contributed by atoms with Crippen LogP contribution in [0.15, 0.2) is 30.9 Å². The summed E-state index contributed by atoms with van der Waals surface area (Å²) in [7, 11) is 0. The van der Waals surface area contributed by atoms with E-state index in [1.165, 1.54) is 6.07 Å². The van der Waals surface area contributed by atoms with E-state index in [1.54, 1.807) is 25.1 Å². The van der Waals surface area contributed by atoms with Crippen molar-refractivity contribution in [3.63, 3.8) is 0 Å². The monoisotopic (exact) mass is 237 g/mol. The molecule has 1 rings (SSSR count). The van der Waals surface area contributed by atoms with E-state index in [2.05, 4.69) is 11.9 Å². The molecule has 0 aromatic heterocycles. The van der Waals surface area contributed by atoms with Crippen LogP contribution in [0.25, 0.3) is 0 Å². The number of amides is 1. The number of hydrogen-bond acceptors (Lipinski definition) is 2. The summed E-state index contributed by atoms with van der Waals surface area (Å²) in [5.74, 6) is -0.684. The molecule has 4 heteroatoms. The average molecular weight is 237 g/mol. The zero-order valence-electron chi connectivity index (χ0n) is 10.00. The molecule has 1 aromatic carbocycles. The van der Waals surface area contributed by atoms with E-state index in [9.17, 15) is 9.18 Å². The van der Waals surface area contributed by atoms with E-state index in [1.807, 2.05) is 6.92 Å². The molecule has 1 unspecified atom stereocenters. The highest BCUT2D eigenvalue weighted by Crippen LogP contribution is 2.19. The summed E-state index contributed by atoms with van der Waals surface area (Å²) < 4.78 is 18.6.